The first-order valence-electron chi connectivity index (χ1n) is 12.6. The van der Waals surface area contributed by atoms with E-state index in [-0.39, 0.29) is 16.2 Å². The fraction of sp³-hybridized carbons (Fsp3) is 0.519. The predicted molar refractivity (Wildman–Crippen MR) is 144 cm³/mol. The number of halogens is 6. The third kappa shape index (κ3) is 11.3. The zero-order valence-electron chi connectivity index (χ0n) is 23.2. The quantitative estimate of drug-likeness (QED) is 0.270. The lowest BCUT2D eigenvalue weighted by Crippen LogP contribution is -2.46. The Morgan fingerprint density at radius 1 is 1.02 bits per heavy atom. The summed E-state index contributed by atoms with van der Waals surface area (Å²) in [5.41, 5.74) is 0.0274. The first kappa shape index (κ1) is 34.0. The summed E-state index contributed by atoms with van der Waals surface area (Å²) < 4.78 is 78.2. The van der Waals surface area contributed by atoms with Gasteiger partial charge < -0.3 is 20.1 Å². The van der Waals surface area contributed by atoms with Crippen molar-refractivity contribution in [1.82, 2.24) is 10.3 Å². The Morgan fingerprint density at radius 2 is 1.59 bits per heavy atom. The maximum absolute atomic E-state index is 13.7. The Bertz CT molecular complexity index is 1190. The van der Waals surface area contributed by atoms with Crippen LogP contribution in [0.5, 0.6) is 0 Å². The Morgan fingerprint density at radius 3 is 2.07 bits per heavy atom. The molecule has 14 heteroatoms. The zero-order valence-corrected chi connectivity index (χ0v) is 24.0. The first-order chi connectivity index (χ1) is 18.8. The highest BCUT2D eigenvalue weighted by Crippen LogP contribution is 2.40. The molecule has 0 atom stereocenters. The average molecular weight is 610 g/mol. The van der Waals surface area contributed by atoms with Crippen LogP contribution < -0.4 is 10.2 Å². The number of aromatic nitrogens is 1. The van der Waals surface area contributed by atoms with E-state index in [4.69, 9.17) is 14.6 Å². The van der Waals surface area contributed by atoms with Gasteiger partial charge in [-0.1, -0.05) is 19.9 Å². The number of alkyl halides is 6. The Labute approximate surface area is 238 Å². The van der Waals surface area contributed by atoms with E-state index in [1.165, 1.54) is 17.8 Å². The molecule has 0 spiro atoms. The minimum absolute atomic E-state index is 0.00891. The second-order valence-corrected chi connectivity index (χ2v) is 12.1. The van der Waals surface area contributed by atoms with Crippen LogP contribution in [0.15, 0.2) is 41.4 Å². The molecule has 0 unspecified atom stereocenters. The van der Waals surface area contributed by atoms with Crippen LogP contribution in [-0.4, -0.2) is 58.3 Å². The standard InChI is InChI=1S/C25H32F3N3O2S.C2HF3O2/c1-16(2)34-21-7-6-17(14-20(21)25(26,27)28)18-8-11-29-22(15-18)31-12-9-19(10-13-31)30-23(32)33-24(3,4)5;3-2(4,5)1(6)7/h6-8,11,14-16,19H,9-10,12-13H2,1-5H3,(H,30,32);(H,6,7). The maximum Gasteiger partial charge on any atom is 0.490 e. The molecule has 7 nitrogen and oxygen atoms in total. The van der Waals surface area contributed by atoms with E-state index in [1.54, 1.807) is 24.4 Å². The van der Waals surface area contributed by atoms with Gasteiger partial charge in [-0.05, 0) is 69.0 Å². The van der Waals surface area contributed by atoms with E-state index in [2.05, 4.69) is 15.2 Å². The van der Waals surface area contributed by atoms with Gasteiger partial charge in [0.25, 0.3) is 0 Å². The summed E-state index contributed by atoms with van der Waals surface area (Å²) in [5, 5.41) is 10.1. The number of carboxylic acids is 1. The van der Waals surface area contributed by atoms with Crippen molar-refractivity contribution in [1.29, 1.82) is 0 Å². The van der Waals surface area contributed by atoms with Crippen molar-refractivity contribution in [3.63, 3.8) is 0 Å². The number of alkyl carbamates (subject to hydrolysis) is 1. The Balaban J connectivity index is 0.000000745. The number of thioether (sulfide) groups is 1. The van der Waals surface area contributed by atoms with Crippen molar-refractivity contribution in [2.24, 2.45) is 0 Å². The summed E-state index contributed by atoms with van der Waals surface area (Å²) in [6.45, 7) is 10.6. The number of aliphatic carboxylic acids is 1. The van der Waals surface area contributed by atoms with Crippen LogP contribution in [0.2, 0.25) is 0 Å². The fourth-order valence-electron chi connectivity index (χ4n) is 3.79. The number of rotatable bonds is 5. The molecule has 228 valence electrons. The number of hydrogen-bond acceptors (Lipinski definition) is 6. The number of nitrogens with zero attached hydrogens (tertiary/aromatic N) is 2. The molecule has 0 radical (unpaired) electrons. The number of anilines is 1. The monoisotopic (exact) mass is 609 g/mol. The number of amides is 1. The van der Waals surface area contributed by atoms with Gasteiger partial charge in [-0.15, -0.1) is 11.8 Å². The lowest BCUT2D eigenvalue weighted by Gasteiger charge is -2.33. The lowest BCUT2D eigenvalue weighted by molar-refractivity contribution is -0.192. The molecule has 1 aromatic carbocycles. The third-order valence-electron chi connectivity index (χ3n) is 5.51. The molecular weight excluding hydrogens is 576 g/mol. The van der Waals surface area contributed by atoms with E-state index >= 15 is 0 Å². The summed E-state index contributed by atoms with van der Waals surface area (Å²) in [6.07, 6.45) is -6.86. The molecule has 1 saturated heterocycles. The molecule has 1 amide bonds. The van der Waals surface area contributed by atoms with Gasteiger partial charge in [-0.25, -0.2) is 14.6 Å². The van der Waals surface area contributed by atoms with Crippen LogP contribution in [0.3, 0.4) is 0 Å². The van der Waals surface area contributed by atoms with Gasteiger partial charge in [0.05, 0.1) is 5.56 Å². The van der Waals surface area contributed by atoms with E-state index in [1.807, 2.05) is 40.7 Å². The van der Waals surface area contributed by atoms with Crippen molar-refractivity contribution in [3.05, 3.63) is 42.1 Å². The van der Waals surface area contributed by atoms with Crippen LogP contribution >= 0.6 is 11.8 Å². The van der Waals surface area contributed by atoms with E-state index < -0.39 is 35.6 Å². The lowest BCUT2D eigenvalue weighted by atomic mass is 10.0. The largest absolute Gasteiger partial charge is 0.490 e. The van der Waals surface area contributed by atoms with Crippen molar-refractivity contribution in [2.45, 2.75) is 81.6 Å². The minimum Gasteiger partial charge on any atom is -0.475 e. The number of hydrogen-bond donors (Lipinski definition) is 2. The SMILES string of the molecule is CC(C)Sc1ccc(-c2ccnc(N3CCC(NC(=O)OC(C)(C)C)CC3)c2)cc1C(F)(F)F.O=C(O)C(F)(F)F. The van der Waals surface area contributed by atoms with Crippen molar-refractivity contribution in [3.8, 4) is 11.1 Å². The van der Waals surface area contributed by atoms with Gasteiger partial charge in [0.1, 0.15) is 11.4 Å². The van der Waals surface area contributed by atoms with Crippen LogP contribution in [0.25, 0.3) is 11.1 Å². The number of ether oxygens (including phenoxy) is 1. The number of pyridine rings is 1. The topological polar surface area (TPSA) is 91.8 Å². The molecule has 1 aromatic heterocycles. The normalized spacial score (nSPS) is 14.8. The number of piperidine rings is 1. The minimum atomic E-state index is -5.08. The Kier molecular flexibility index (Phi) is 11.3. The van der Waals surface area contributed by atoms with Crippen LogP contribution in [0, 0.1) is 0 Å². The molecule has 0 aliphatic carbocycles. The van der Waals surface area contributed by atoms with E-state index in [0.717, 1.165) is 12.8 Å². The molecule has 41 heavy (non-hydrogen) atoms. The van der Waals surface area contributed by atoms with Gasteiger partial charge in [-0.2, -0.15) is 26.3 Å². The molecule has 2 aromatic rings. The zero-order chi connectivity index (χ0) is 31.2. The summed E-state index contributed by atoms with van der Waals surface area (Å²) in [6, 6.07) is 8.07. The Hall–Kier alpha value is -3.16. The second kappa shape index (κ2) is 13.7. The smallest absolute Gasteiger partial charge is 0.475 e. The first-order valence-corrected chi connectivity index (χ1v) is 13.5. The van der Waals surface area contributed by atoms with E-state index in [9.17, 15) is 31.1 Å². The molecule has 1 aliphatic heterocycles. The molecule has 0 saturated carbocycles. The highest BCUT2D eigenvalue weighted by molar-refractivity contribution is 8.00. The number of nitrogens with one attached hydrogen (secondary N) is 1. The highest BCUT2D eigenvalue weighted by atomic mass is 32.2. The highest BCUT2D eigenvalue weighted by Gasteiger charge is 2.38. The molecule has 1 aliphatic rings. The van der Waals surface area contributed by atoms with Gasteiger partial charge >= 0.3 is 24.4 Å². The van der Waals surface area contributed by atoms with Gasteiger partial charge in [0.15, 0.2) is 0 Å². The summed E-state index contributed by atoms with van der Waals surface area (Å²) >= 11 is 1.21. The number of carbonyl (C=O) groups is 2. The average Bonchev–Trinajstić information content (AvgIpc) is 2.82. The molecule has 2 heterocycles. The van der Waals surface area contributed by atoms with Crippen LogP contribution in [0.4, 0.5) is 37.0 Å². The number of carboxylic acid groups (broad SMARTS) is 1. The molecular formula is C27H33F6N3O4S. The van der Waals surface area contributed by atoms with Crippen molar-refractivity contribution in [2.75, 3.05) is 18.0 Å². The summed E-state index contributed by atoms with van der Waals surface area (Å²) in [5.74, 6) is -2.05. The van der Waals surface area contributed by atoms with Gasteiger partial charge in [-0.3, -0.25) is 0 Å². The van der Waals surface area contributed by atoms with Crippen molar-refractivity contribution >= 4 is 29.6 Å². The fourth-order valence-corrected chi connectivity index (χ4v) is 4.74. The molecule has 2 N–H and O–H groups in total. The molecule has 3 rings (SSSR count). The van der Waals surface area contributed by atoms with Gasteiger partial charge in [0.2, 0.25) is 0 Å². The summed E-state index contributed by atoms with van der Waals surface area (Å²) in [7, 11) is 0. The second-order valence-electron chi connectivity index (χ2n) is 10.5. The number of benzene rings is 1. The van der Waals surface area contributed by atoms with Gasteiger partial charge in [0, 0.05) is 35.5 Å². The van der Waals surface area contributed by atoms with Crippen LogP contribution in [-0.2, 0) is 15.7 Å². The number of carbonyl (C=O) groups excluding carboxylic acids is 1. The summed E-state index contributed by atoms with van der Waals surface area (Å²) in [4.78, 5) is 27.7. The van der Waals surface area contributed by atoms with Crippen LogP contribution in [0.1, 0.15) is 53.0 Å². The molecule has 0 bridgehead atoms. The maximum atomic E-state index is 13.7. The van der Waals surface area contributed by atoms with Crippen molar-refractivity contribution < 1.29 is 45.8 Å². The molecule has 1 fully saturated rings. The van der Waals surface area contributed by atoms with E-state index in [0.29, 0.717) is 30.0 Å². The predicted octanol–water partition coefficient (Wildman–Crippen LogP) is 7.39. The third-order valence-corrected chi connectivity index (χ3v) is 6.59.